The summed E-state index contributed by atoms with van der Waals surface area (Å²) in [6.45, 7) is -0.389. The number of hydrogen-bond donors (Lipinski definition) is 3. The second-order valence-corrected chi connectivity index (χ2v) is 6.00. The molecule has 0 spiro atoms. The van der Waals surface area contributed by atoms with E-state index < -0.39 is 16.1 Å². The number of anilines is 1. The van der Waals surface area contributed by atoms with Crippen LogP contribution in [-0.2, 0) is 15.0 Å². The molecule has 1 heterocycles. The van der Waals surface area contributed by atoms with E-state index in [-0.39, 0.29) is 75.1 Å². The monoisotopic (exact) mass is 333 g/mol. The minimum absolute atomic E-state index is 0. The molecule has 0 bridgehead atoms. The molecule has 0 saturated carbocycles. The summed E-state index contributed by atoms with van der Waals surface area (Å²) in [7, 11) is -3.98. The molecule has 105 valence electrons. The third kappa shape index (κ3) is 3.03. The number of phenols is 2. The maximum atomic E-state index is 11.8. The van der Waals surface area contributed by atoms with E-state index in [4.69, 9.17) is 0 Å². The first-order valence-corrected chi connectivity index (χ1v) is 7.10. The van der Waals surface area contributed by atoms with Gasteiger partial charge in [0.15, 0.2) is 0 Å². The molecule has 1 saturated heterocycles. The van der Waals surface area contributed by atoms with E-state index in [1.54, 1.807) is 6.07 Å². The summed E-state index contributed by atoms with van der Waals surface area (Å²) in [6.07, 6.45) is 0. The van der Waals surface area contributed by atoms with E-state index in [9.17, 15) is 23.4 Å². The maximum absolute atomic E-state index is 11.8. The average molecular weight is 333 g/mol. The van der Waals surface area contributed by atoms with Crippen molar-refractivity contribution in [3.8, 4) is 11.5 Å². The predicted octanol–water partition coefficient (Wildman–Crippen LogP) is 0.0512. The number of aromatic hydroxyl groups is 2. The van der Waals surface area contributed by atoms with E-state index in [1.165, 1.54) is 24.3 Å². The van der Waals surface area contributed by atoms with Crippen LogP contribution in [0.4, 0.5) is 5.69 Å². The average Bonchev–Trinajstić information content (AvgIpc) is 2.62. The Bertz CT molecular complexity index is 837. The van der Waals surface area contributed by atoms with Crippen LogP contribution < -0.4 is 9.03 Å². The quantitative estimate of drug-likeness (QED) is 0.639. The molecule has 1 aliphatic rings. The Morgan fingerprint density at radius 2 is 1.81 bits per heavy atom. The fourth-order valence-corrected chi connectivity index (χ4v) is 3.28. The molecule has 0 atom stereocenters. The van der Waals surface area contributed by atoms with Crippen LogP contribution in [0.5, 0.6) is 11.5 Å². The summed E-state index contributed by atoms with van der Waals surface area (Å²) >= 11 is 0. The van der Waals surface area contributed by atoms with Crippen molar-refractivity contribution in [2.24, 2.45) is 0 Å². The molecule has 1 amide bonds. The number of rotatable bonds is 1. The first-order chi connectivity index (χ1) is 9.37. The SMILES string of the molecule is O=C1CN(c2cc3cc(O)ccc3cc2O)S(=O)(=O)N1.[K]. The first kappa shape index (κ1) is 16.5. The molecule has 1 aliphatic heterocycles. The minimum atomic E-state index is -3.98. The summed E-state index contributed by atoms with van der Waals surface area (Å²) in [4.78, 5) is 11.2. The normalized spacial score (nSPS) is 16.6. The Hall–Kier alpha value is -0.844. The zero-order valence-electron chi connectivity index (χ0n) is 11.1. The van der Waals surface area contributed by atoms with Crippen LogP contribution in [0.1, 0.15) is 0 Å². The number of amides is 1. The van der Waals surface area contributed by atoms with Crippen LogP contribution in [-0.4, -0.2) is 82.5 Å². The van der Waals surface area contributed by atoms with Crippen LogP contribution in [0.15, 0.2) is 30.3 Å². The molecule has 1 fully saturated rings. The molecule has 0 aromatic heterocycles. The third-order valence-electron chi connectivity index (χ3n) is 3.01. The molecule has 2 aromatic rings. The Balaban J connectivity index is 0.00000161. The van der Waals surface area contributed by atoms with Crippen molar-refractivity contribution < 1.29 is 23.4 Å². The molecule has 0 unspecified atom stereocenters. The first-order valence-electron chi connectivity index (χ1n) is 5.66. The predicted molar refractivity (Wildman–Crippen MR) is 77.4 cm³/mol. The van der Waals surface area contributed by atoms with Crippen molar-refractivity contribution >= 4 is 84.0 Å². The largest absolute Gasteiger partial charge is 0.508 e. The van der Waals surface area contributed by atoms with Gasteiger partial charge in [0, 0.05) is 51.4 Å². The van der Waals surface area contributed by atoms with Gasteiger partial charge in [-0.1, -0.05) is 6.07 Å². The van der Waals surface area contributed by atoms with E-state index >= 15 is 0 Å². The molecule has 3 rings (SSSR count). The van der Waals surface area contributed by atoms with E-state index in [0.29, 0.717) is 10.8 Å². The summed E-state index contributed by atoms with van der Waals surface area (Å²) in [5.74, 6) is -0.906. The number of phenolic OH excluding ortho intramolecular Hbond substituents is 2. The van der Waals surface area contributed by atoms with Crippen molar-refractivity contribution in [3.63, 3.8) is 0 Å². The van der Waals surface area contributed by atoms with Crippen molar-refractivity contribution in [2.45, 2.75) is 0 Å². The Morgan fingerprint density at radius 3 is 2.43 bits per heavy atom. The smallest absolute Gasteiger partial charge is 0.326 e. The van der Waals surface area contributed by atoms with Crippen LogP contribution in [0.3, 0.4) is 0 Å². The number of nitrogens with one attached hydrogen (secondary N) is 1. The number of carbonyl (C=O) groups is 1. The summed E-state index contributed by atoms with van der Waals surface area (Å²) in [6, 6.07) is 7.27. The van der Waals surface area contributed by atoms with Crippen molar-refractivity contribution in [2.75, 3.05) is 10.8 Å². The molecule has 0 aliphatic carbocycles. The Morgan fingerprint density at radius 1 is 1.10 bits per heavy atom. The molecule has 3 N–H and O–H groups in total. The zero-order chi connectivity index (χ0) is 14.5. The topological polar surface area (TPSA) is 107 Å². The number of nitrogens with zero attached hydrogens (tertiary/aromatic N) is 1. The summed E-state index contributed by atoms with van der Waals surface area (Å²) in [5.41, 5.74) is -0.0125. The molecule has 2 aromatic carbocycles. The molecular weight excluding hydrogens is 323 g/mol. The van der Waals surface area contributed by atoms with Gasteiger partial charge in [0.2, 0.25) is 0 Å². The van der Waals surface area contributed by atoms with Gasteiger partial charge in [0.25, 0.3) is 5.91 Å². The number of benzene rings is 2. The van der Waals surface area contributed by atoms with Gasteiger partial charge in [-0.05, 0) is 35.0 Å². The van der Waals surface area contributed by atoms with Gasteiger partial charge < -0.3 is 10.2 Å². The molecule has 9 heteroatoms. The van der Waals surface area contributed by atoms with Crippen LogP contribution in [0.2, 0.25) is 0 Å². The van der Waals surface area contributed by atoms with Crippen molar-refractivity contribution in [1.82, 2.24) is 4.72 Å². The maximum Gasteiger partial charge on any atom is 0.326 e. The van der Waals surface area contributed by atoms with E-state index in [1.807, 2.05) is 4.72 Å². The van der Waals surface area contributed by atoms with Gasteiger partial charge in [-0.3, -0.25) is 4.79 Å². The van der Waals surface area contributed by atoms with Gasteiger partial charge in [0.1, 0.15) is 18.0 Å². The second-order valence-electron chi connectivity index (χ2n) is 4.41. The number of fused-ring (bicyclic) bond motifs is 1. The van der Waals surface area contributed by atoms with Crippen LogP contribution >= 0.6 is 0 Å². The van der Waals surface area contributed by atoms with Gasteiger partial charge in [-0.15, -0.1) is 0 Å². The number of hydrogen-bond acceptors (Lipinski definition) is 5. The van der Waals surface area contributed by atoms with Crippen molar-refractivity contribution in [1.29, 1.82) is 0 Å². The summed E-state index contributed by atoms with van der Waals surface area (Å²) in [5, 5.41) is 20.6. The fourth-order valence-electron chi connectivity index (χ4n) is 2.12. The minimum Gasteiger partial charge on any atom is -0.508 e. The zero-order valence-corrected chi connectivity index (χ0v) is 15.0. The molecule has 21 heavy (non-hydrogen) atoms. The van der Waals surface area contributed by atoms with Crippen molar-refractivity contribution in [3.05, 3.63) is 30.3 Å². The van der Waals surface area contributed by atoms with Gasteiger partial charge in [0.05, 0.1) is 5.69 Å². The fraction of sp³-hybridized carbons (Fsp3) is 0.0833. The van der Waals surface area contributed by atoms with E-state index in [2.05, 4.69) is 0 Å². The van der Waals surface area contributed by atoms with Gasteiger partial charge in [-0.25, -0.2) is 9.03 Å². The standard InChI is InChI=1S/C12H10N2O5S.K/c15-9-2-1-7-5-11(16)10(4-8(7)3-9)14-6-12(17)13-20(14,18)19;/h1-5,15-16H,6H2,(H,13,17);. The Kier molecular flexibility index (Phi) is 4.52. The van der Waals surface area contributed by atoms with Gasteiger partial charge >= 0.3 is 10.2 Å². The van der Waals surface area contributed by atoms with Gasteiger partial charge in [-0.2, -0.15) is 8.42 Å². The molecular formula is C12H10KN2O5S. The van der Waals surface area contributed by atoms with Crippen LogP contribution in [0.25, 0.3) is 10.8 Å². The summed E-state index contributed by atoms with van der Waals surface area (Å²) < 4.78 is 26.1. The molecule has 7 nitrogen and oxygen atoms in total. The number of carbonyl (C=O) groups excluding carboxylic acids is 1. The third-order valence-corrected chi connectivity index (χ3v) is 4.40. The van der Waals surface area contributed by atoms with E-state index in [0.717, 1.165) is 4.31 Å². The van der Waals surface area contributed by atoms with Crippen LogP contribution in [0, 0.1) is 0 Å². The molecule has 1 radical (unpaired) electrons. The Labute approximate surface area is 163 Å². The second kappa shape index (κ2) is 5.74.